The number of rotatable bonds is 1. The average molecular weight is 307 g/mol. The summed E-state index contributed by atoms with van der Waals surface area (Å²) in [6.45, 7) is 0. The number of hydrogen-bond donors (Lipinski definition) is 1. The lowest BCUT2D eigenvalue weighted by molar-refractivity contribution is 0.281. The van der Waals surface area contributed by atoms with E-state index in [9.17, 15) is 0 Å². The topological polar surface area (TPSA) is 75.6 Å². The van der Waals surface area contributed by atoms with Crippen molar-refractivity contribution >= 4 is 59.3 Å². The van der Waals surface area contributed by atoms with Crippen molar-refractivity contribution in [1.82, 2.24) is 0 Å². The molecule has 0 aromatic carbocycles. The summed E-state index contributed by atoms with van der Waals surface area (Å²) in [4.78, 5) is 0. The van der Waals surface area contributed by atoms with Crippen LogP contribution < -0.4 is 0 Å². The third-order valence-electron chi connectivity index (χ3n) is 1.32. The van der Waals surface area contributed by atoms with Gasteiger partial charge in [-0.3, -0.25) is 0 Å². The van der Waals surface area contributed by atoms with E-state index >= 15 is 0 Å². The highest BCUT2D eigenvalue weighted by Gasteiger charge is 2.12. The van der Waals surface area contributed by atoms with Crippen LogP contribution in [0.5, 0.6) is 0 Å². The normalized spacial score (nSPS) is 36.2. The standard InChI is InChI=1S/CH14O7Si6/c2-1-14-7-12-5-10-3-9-4-11-6-13-8-14/h2,14H,1,9-13H2. The van der Waals surface area contributed by atoms with Crippen molar-refractivity contribution in [3.05, 3.63) is 0 Å². The lowest BCUT2D eigenvalue weighted by atomic mass is 11.7. The summed E-state index contributed by atoms with van der Waals surface area (Å²) in [5, 5.41) is 8.91. The molecule has 0 bridgehead atoms. The summed E-state index contributed by atoms with van der Waals surface area (Å²) >= 11 is 0. The van der Waals surface area contributed by atoms with Gasteiger partial charge >= 0.3 is 9.28 Å². The van der Waals surface area contributed by atoms with Gasteiger partial charge in [-0.1, -0.05) is 0 Å². The lowest BCUT2D eigenvalue weighted by Crippen LogP contribution is -2.34. The molecule has 0 spiro atoms. The molecule has 14 heavy (non-hydrogen) atoms. The van der Waals surface area contributed by atoms with Gasteiger partial charge in [-0.15, -0.1) is 0 Å². The highest BCUT2D eigenvalue weighted by molar-refractivity contribution is 6.58. The number of hydrogen-bond acceptors (Lipinski definition) is 7. The van der Waals surface area contributed by atoms with Crippen LogP contribution in [0.1, 0.15) is 0 Å². The van der Waals surface area contributed by atoms with E-state index in [1.807, 2.05) is 0 Å². The Bertz CT molecular complexity index is 123. The molecule has 1 heterocycles. The molecule has 1 rings (SSSR count). The smallest absolute Gasteiger partial charge is 0.329 e. The minimum atomic E-state index is -1.89. The predicted octanol–water partition coefficient (Wildman–Crippen LogP) is -6.15. The monoisotopic (exact) mass is 306 g/mol. The highest BCUT2D eigenvalue weighted by Crippen LogP contribution is 1.88. The fourth-order valence-electron chi connectivity index (χ4n) is 0.714. The molecule has 1 fully saturated rings. The van der Waals surface area contributed by atoms with E-state index in [2.05, 4.69) is 0 Å². The van der Waals surface area contributed by atoms with E-state index in [1.165, 1.54) is 0 Å². The molecular weight excluding hydrogens is 293 g/mol. The van der Waals surface area contributed by atoms with Crippen molar-refractivity contribution in [3.63, 3.8) is 0 Å². The minimum absolute atomic E-state index is 0.0215. The molecule has 0 aliphatic carbocycles. The van der Waals surface area contributed by atoms with Crippen LogP contribution in [-0.4, -0.2) is 70.7 Å². The molecule has 1 saturated heterocycles. The van der Waals surface area contributed by atoms with Crippen LogP contribution >= 0.6 is 0 Å². The maximum Gasteiger partial charge on any atom is 0.329 e. The summed E-state index contributed by atoms with van der Waals surface area (Å²) in [5.74, 6) is 0. The van der Waals surface area contributed by atoms with Crippen molar-refractivity contribution in [2.24, 2.45) is 0 Å². The highest BCUT2D eigenvalue weighted by atomic mass is 28.4. The predicted molar refractivity (Wildman–Crippen MR) is 63.5 cm³/mol. The van der Waals surface area contributed by atoms with Gasteiger partial charge in [-0.05, 0) is 0 Å². The summed E-state index contributed by atoms with van der Waals surface area (Å²) in [7, 11) is -6.59. The molecular formula is CH14O7Si6. The summed E-state index contributed by atoms with van der Waals surface area (Å²) in [5.41, 5.74) is 0. The van der Waals surface area contributed by atoms with Crippen LogP contribution in [0, 0.1) is 0 Å². The first-order valence-electron chi connectivity index (χ1n) is 4.08. The Balaban J connectivity index is 2.17. The molecule has 13 heteroatoms. The van der Waals surface area contributed by atoms with Gasteiger partial charge in [-0.25, -0.2) is 0 Å². The van der Waals surface area contributed by atoms with Crippen LogP contribution in [-0.2, 0) is 24.7 Å². The first-order chi connectivity index (χ1) is 6.93. The van der Waals surface area contributed by atoms with Gasteiger partial charge < -0.3 is 29.8 Å². The largest absolute Gasteiger partial charge is 0.425 e. The minimum Gasteiger partial charge on any atom is -0.425 e. The van der Waals surface area contributed by atoms with Gasteiger partial charge in [0.05, 0.1) is 6.23 Å². The third kappa shape index (κ3) is 6.49. The molecule has 0 aromatic heterocycles. The Labute approximate surface area is 95.5 Å². The average Bonchev–Trinajstić information content (AvgIpc) is 2.19. The van der Waals surface area contributed by atoms with E-state index in [4.69, 9.17) is 29.8 Å². The van der Waals surface area contributed by atoms with Gasteiger partial charge in [0.2, 0.25) is 0 Å². The Kier molecular flexibility index (Phi) is 8.66. The Morgan fingerprint density at radius 1 is 0.786 bits per heavy atom. The third-order valence-corrected chi connectivity index (χ3v) is 11.0. The zero-order chi connectivity index (χ0) is 10.1. The van der Waals surface area contributed by atoms with Crippen molar-refractivity contribution in [3.8, 4) is 0 Å². The molecule has 0 amide bonds. The zero-order valence-corrected chi connectivity index (χ0v) is 15.9. The van der Waals surface area contributed by atoms with Gasteiger partial charge in [0.1, 0.15) is 0 Å². The molecule has 1 N–H and O–H groups in total. The molecule has 0 unspecified atom stereocenters. The number of aliphatic hydroxyl groups is 1. The Morgan fingerprint density at radius 2 is 1.21 bits per heavy atom. The molecule has 0 radical (unpaired) electrons. The molecule has 0 aromatic rings. The van der Waals surface area contributed by atoms with Gasteiger partial charge in [0.25, 0.3) is 50.0 Å². The Hall–Kier alpha value is 1.02. The van der Waals surface area contributed by atoms with Gasteiger partial charge in [0, 0.05) is 0 Å². The maximum absolute atomic E-state index is 8.91. The van der Waals surface area contributed by atoms with Crippen LogP contribution in [0.25, 0.3) is 0 Å². The molecule has 1 aliphatic heterocycles. The SMILES string of the molecule is OC[SiH]1O[SiH2]O[SiH2]O[SiH2]O[SiH2]O[SiH2]O1. The van der Waals surface area contributed by atoms with Gasteiger partial charge in [0.15, 0.2) is 0 Å². The molecule has 84 valence electrons. The first kappa shape index (κ1) is 13.1. The van der Waals surface area contributed by atoms with Crippen molar-refractivity contribution in [1.29, 1.82) is 0 Å². The summed E-state index contributed by atoms with van der Waals surface area (Å²) < 4.78 is 31.7. The van der Waals surface area contributed by atoms with E-state index in [1.54, 1.807) is 0 Å². The van der Waals surface area contributed by atoms with Crippen LogP contribution in [0.3, 0.4) is 0 Å². The molecule has 7 nitrogen and oxygen atoms in total. The second kappa shape index (κ2) is 9.26. The fourth-order valence-corrected chi connectivity index (χ4v) is 12.2. The van der Waals surface area contributed by atoms with Gasteiger partial charge in [-0.2, -0.15) is 0 Å². The summed E-state index contributed by atoms with van der Waals surface area (Å²) in [6.07, 6.45) is -0.0215. The van der Waals surface area contributed by atoms with E-state index in [0.717, 1.165) is 0 Å². The van der Waals surface area contributed by atoms with Crippen LogP contribution in [0.15, 0.2) is 0 Å². The van der Waals surface area contributed by atoms with E-state index < -0.39 is 59.3 Å². The Morgan fingerprint density at radius 3 is 1.64 bits per heavy atom. The van der Waals surface area contributed by atoms with Crippen LogP contribution in [0.2, 0.25) is 0 Å². The quantitative estimate of drug-likeness (QED) is 0.483. The van der Waals surface area contributed by atoms with Crippen molar-refractivity contribution < 1.29 is 29.8 Å². The summed E-state index contributed by atoms with van der Waals surface area (Å²) in [6, 6.07) is 0. The van der Waals surface area contributed by atoms with E-state index in [-0.39, 0.29) is 6.23 Å². The zero-order valence-electron chi connectivity index (χ0n) is 7.72. The second-order valence-corrected chi connectivity index (χ2v) is 14.0. The van der Waals surface area contributed by atoms with Crippen LogP contribution in [0.4, 0.5) is 0 Å². The van der Waals surface area contributed by atoms with Crippen molar-refractivity contribution in [2.45, 2.75) is 0 Å². The van der Waals surface area contributed by atoms with E-state index in [0.29, 0.717) is 0 Å². The fraction of sp³-hybridized carbons (Fsp3) is 1.00. The maximum atomic E-state index is 8.91. The number of aliphatic hydroxyl groups excluding tert-OH is 1. The lowest BCUT2D eigenvalue weighted by Gasteiger charge is -2.16. The molecule has 0 atom stereocenters. The van der Waals surface area contributed by atoms with Crippen molar-refractivity contribution in [2.75, 3.05) is 6.23 Å². The molecule has 1 aliphatic rings. The second-order valence-electron chi connectivity index (χ2n) is 2.35. The molecule has 0 saturated carbocycles. The first-order valence-corrected chi connectivity index (χ1v) is 11.6.